The molecule has 0 bridgehead atoms. The average molecular weight is 447 g/mol. The largest absolute Gasteiger partial charge is 0.288 e. The SMILES string of the molecule is Cc1ccc(/C=c2/s/c(=C(/C#N)C(=O)c3ccccc3)n(-c3ccc(F)cc3)c2=O)s1. The molecule has 0 unspecified atom stereocenters. The number of aryl methyl sites for hydroxylation is 1. The van der Waals surface area contributed by atoms with Crippen LogP contribution in [0.2, 0.25) is 0 Å². The number of nitriles is 1. The lowest BCUT2D eigenvalue weighted by Crippen LogP contribution is -2.31. The van der Waals surface area contributed by atoms with E-state index in [0.29, 0.717) is 15.8 Å². The highest BCUT2D eigenvalue weighted by Crippen LogP contribution is 2.15. The van der Waals surface area contributed by atoms with Crippen LogP contribution in [-0.4, -0.2) is 10.4 Å². The predicted molar refractivity (Wildman–Crippen MR) is 122 cm³/mol. The van der Waals surface area contributed by atoms with Gasteiger partial charge in [-0.15, -0.1) is 22.7 Å². The number of rotatable bonds is 4. The summed E-state index contributed by atoms with van der Waals surface area (Å²) in [4.78, 5) is 28.3. The molecule has 0 radical (unpaired) electrons. The number of hydrogen-bond donors (Lipinski definition) is 0. The Balaban J connectivity index is 2.06. The molecule has 0 aliphatic heterocycles. The van der Waals surface area contributed by atoms with Crippen LogP contribution in [0.1, 0.15) is 20.1 Å². The number of thiophene rings is 1. The van der Waals surface area contributed by atoms with E-state index in [2.05, 4.69) is 0 Å². The average Bonchev–Trinajstić information content (AvgIpc) is 3.33. The topological polar surface area (TPSA) is 62.9 Å². The lowest BCUT2D eigenvalue weighted by Gasteiger charge is -2.04. The summed E-state index contributed by atoms with van der Waals surface area (Å²) in [7, 11) is 0. The Hall–Kier alpha value is -3.60. The summed E-state index contributed by atoms with van der Waals surface area (Å²) >= 11 is 2.61. The molecular formula is C24H15FN2O2S2. The second-order valence-corrected chi connectivity index (χ2v) is 9.01. The fourth-order valence-electron chi connectivity index (χ4n) is 3.06. The fraction of sp³-hybridized carbons (Fsp3) is 0.0417. The minimum atomic E-state index is -0.473. The molecule has 2 aromatic carbocycles. The highest BCUT2D eigenvalue weighted by atomic mass is 32.1. The number of halogens is 1. The van der Waals surface area contributed by atoms with E-state index >= 15 is 0 Å². The molecule has 7 heteroatoms. The fourth-order valence-corrected chi connectivity index (χ4v) is 5.05. The van der Waals surface area contributed by atoms with Crippen molar-refractivity contribution in [3.05, 3.63) is 107 Å². The standard InChI is InChI=1S/C24H15FN2O2S2/c1-15-7-12-19(30-15)13-21-23(29)27(18-10-8-17(25)9-11-18)24(31-21)20(14-26)22(28)16-5-3-2-4-6-16/h2-13H,1H3/b21-13+,24-20-. The molecule has 0 spiro atoms. The maximum Gasteiger partial charge on any atom is 0.273 e. The van der Waals surface area contributed by atoms with Crippen LogP contribution in [-0.2, 0) is 0 Å². The maximum absolute atomic E-state index is 13.5. The van der Waals surface area contributed by atoms with Crippen molar-refractivity contribution in [1.29, 1.82) is 5.26 Å². The summed E-state index contributed by atoms with van der Waals surface area (Å²) in [5.41, 5.74) is 0.226. The van der Waals surface area contributed by atoms with Crippen molar-refractivity contribution in [1.82, 2.24) is 4.57 Å². The number of aromatic nitrogens is 1. The summed E-state index contributed by atoms with van der Waals surface area (Å²) in [6.45, 7) is 1.97. The quantitative estimate of drug-likeness (QED) is 0.448. The molecule has 4 rings (SSSR count). The summed E-state index contributed by atoms with van der Waals surface area (Å²) in [6.07, 6.45) is 1.75. The molecular weight excluding hydrogens is 431 g/mol. The van der Waals surface area contributed by atoms with Gasteiger partial charge in [-0.05, 0) is 49.4 Å². The van der Waals surface area contributed by atoms with Gasteiger partial charge >= 0.3 is 0 Å². The third-order valence-corrected chi connectivity index (χ3v) is 6.57. The van der Waals surface area contributed by atoms with Gasteiger partial charge < -0.3 is 0 Å². The molecule has 4 nitrogen and oxygen atoms in total. The molecule has 2 aromatic heterocycles. The number of benzene rings is 2. The molecule has 4 aromatic rings. The Morgan fingerprint density at radius 1 is 1.03 bits per heavy atom. The van der Waals surface area contributed by atoms with E-state index in [4.69, 9.17) is 0 Å². The zero-order valence-corrected chi connectivity index (χ0v) is 18.0. The van der Waals surface area contributed by atoms with Crippen molar-refractivity contribution in [3.8, 4) is 11.8 Å². The summed E-state index contributed by atoms with van der Waals surface area (Å²) < 4.78 is 15.4. The summed E-state index contributed by atoms with van der Waals surface area (Å²) in [5, 5.41) is 9.84. The van der Waals surface area contributed by atoms with Crippen molar-refractivity contribution in [3.63, 3.8) is 0 Å². The maximum atomic E-state index is 13.5. The molecule has 0 fully saturated rings. The van der Waals surface area contributed by atoms with Crippen molar-refractivity contribution >= 4 is 40.1 Å². The van der Waals surface area contributed by atoms with Crippen LogP contribution >= 0.6 is 22.7 Å². The molecule has 0 amide bonds. The summed E-state index contributed by atoms with van der Waals surface area (Å²) in [5.74, 6) is -0.919. The van der Waals surface area contributed by atoms with Gasteiger partial charge in [0.25, 0.3) is 5.56 Å². The van der Waals surface area contributed by atoms with E-state index in [1.54, 1.807) is 36.4 Å². The van der Waals surface area contributed by atoms with Gasteiger partial charge in [-0.3, -0.25) is 14.2 Å². The molecule has 0 saturated carbocycles. The Morgan fingerprint density at radius 3 is 2.35 bits per heavy atom. The second kappa shape index (κ2) is 8.64. The summed E-state index contributed by atoms with van der Waals surface area (Å²) in [6, 6.07) is 19.7. The Labute approximate surface area is 185 Å². The third-order valence-electron chi connectivity index (χ3n) is 4.53. The number of nitrogens with zero attached hydrogens (tertiary/aromatic N) is 2. The first kappa shape index (κ1) is 20.7. The highest BCUT2D eigenvalue weighted by molar-refractivity contribution is 7.13. The second-order valence-electron chi connectivity index (χ2n) is 6.66. The monoisotopic (exact) mass is 446 g/mol. The van der Waals surface area contributed by atoms with Crippen LogP contribution in [0, 0.1) is 24.1 Å². The first-order chi connectivity index (χ1) is 15.0. The van der Waals surface area contributed by atoms with Gasteiger partial charge in [-0.1, -0.05) is 30.3 Å². The Bertz CT molecular complexity index is 1490. The molecule has 2 heterocycles. The van der Waals surface area contributed by atoms with E-state index in [1.807, 2.05) is 25.1 Å². The molecule has 0 N–H and O–H groups in total. The van der Waals surface area contributed by atoms with Crippen molar-refractivity contribution < 1.29 is 9.18 Å². The van der Waals surface area contributed by atoms with E-state index in [1.165, 1.54) is 40.2 Å². The van der Waals surface area contributed by atoms with Crippen LogP contribution in [0.25, 0.3) is 17.3 Å². The Kier molecular flexibility index (Phi) is 5.76. The van der Waals surface area contributed by atoms with Crippen LogP contribution in [0.3, 0.4) is 0 Å². The lowest BCUT2D eigenvalue weighted by atomic mass is 10.1. The number of hydrogen-bond acceptors (Lipinski definition) is 5. The minimum absolute atomic E-state index is 0.139. The van der Waals surface area contributed by atoms with E-state index in [0.717, 1.165) is 21.1 Å². The normalized spacial score (nSPS) is 12.5. The van der Waals surface area contributed by atoms with Gasteiger partial charge in [0.05, 0.1) is 10.2 Å². The molecule has 31 heavy (non-hydrogen) atoms. The van der Waals surface area contributed by atoms with E-state index in [9.17, 15) is 19.2 Å². The third kappa shape index (κ3) is 4.17. The van der Waals surface area contributed by atoms with Crippen LogP contribution < -0.4 is 14.8 Å². The van der Waals surface area contributed by atoms with E-state index in [-0.39, 0.29) is 15.8 Å². The zero-order chi connectivity index (χ0) is 22.0. The van der Waals surface area contributed by atoms with E-state index < -0.39 is 11.6 Å². The zero-order valence-electron chi connectivity index (χ0n) is 16.3. The number of ketones is 1. The first-order valence-corrected chi connectivity index (χ1v) is 10.9. The Morgan fingerprint density at radius 2 is 1.74 bits per heavy atom. The smallest absolute Gasteiger partial charge is 0.273 e. The molecule has 152 valence electrons. The highest BCUT2D eigenvalue weighted by Gasteiger charge is 2.18. The van der Waals surface area contributed by atoms with Gasteiger partial charge in [0.2, 0.25) is 5.78 Å². The molecule has 0 aliphatic carbocycles. The number of Topliss-reactive ketones (excluding diaryl/α,β-unsaturated/α-hetero) is 1. The number of thiazole rings is 1. The molecule has 0 atom stereocenters. The van der Waals surface area contributed by atoms with Crippen LogP contribution in [0.15, 0.2) is 71.5 Å². The number of carbonyl (C=O) groups is 1. The first-order valence-electron chi connectivity index (χ1n) is 9.28. The van der Waals surface area contributed by atoms with Crippen LogP contribution in [0.4, 0.5) is 4.39 Å². The minimum Gasteiger partial charge on any atom is -0.288 e. The van der Waals surface area contributed by atoms with Crippen molar-refractivity contribution in [2.75, 3.05) is 0 Å². The van der Waals surface area contributed by atoms with Crippen LogP contribution in [0.5, 0.6) is 0 Å². The van der Waals surface area contributed by atoms with Gasteiger partial charge in [0.15, 0.2) is 0 Å². The molecule has 0 saturated heterocycles. The lowest BCUT2D eigenvalue weighted by molar-refractivity contribution is 0.105. The van der Waals surface area contributed by atoms with Crippen molar-refractivity contribution in [2.45, 2.75) is 6.92 Å². The predicted octanol–water partition coefficient (Wildman–Crippen LogP) is 3.79. The van der Waals surface area contributed by atoms with Gasteiger partial charge in [0, 0.05) is 15.3 Å². The van der Waals surface area contributed by atoms with Gasteiger partial charge in [-0.25, -0.2) is 4.39 Å². The number of carbonyl (C=O) groups excluding carboxylic acids is 1. The van der Waals surface area contributed by atoms with Gasteiger partial charge in [0.1, 0.15) is 22.1 Å². The van der Waals surface area contributed by atoms with Gasteiger partial charge in [-0.2, -0.15) is 5.26 Å². The molecule has 0 aliphatic rings. The van der Waals surface area contributed by atoms with Crippen molar-refractivity contribution in [2.24, 2.45) is 0 Å².